The standard InChI is InChI=1S/C13H21N3O/c1-10(2)15-8-6-13(17)16-11(3)12-5-4-7-14-9-12/h4-5,7,9-11,15H,6,8H2,1-3H3,(H,16,17)/t11-/m1/s1. The van der Waals surface area contributed by atoms with Gasteiger partial charge in [-0.05, 0) is 18.6 Å². The van der Waals surface area contributed by atoms with Gasteiger partial charge in [0.15, 0.2) is 0 Å². The van der Waals surface area contributed by atoms with E-state index in [1.54, 1.807) is 12.4 Å². The van der Waals surface area contributed by atoms with Crippen LogP contribution in [0.15, 0.2) is 24.5 Å². The zero-order valence-electron chi connectivity index (χ0n) is 10.7. The first kappa shape index (κ1) is 13.6. The van der Waals surface area contributed by atoms with Gasteiger partial charge in [0.25, 0.3) is 0 Å². The van der Waals surface area contributed by atoms with Crippen molar-refractivity contribution in [2.45, 2.75) is 39.3 Å². The van der Waals surface area contributed by atoms with Gasteiger partial charge in [-0.25, -0.2) is 0 Å². The Morgan fingerprint density at radius 3 is 2.76 bits per heavy atom. The van der Waals surface area contributed by atoms with Crippen molar-refractivity contribution in [3.8, 4) is 0 Å². The maximum Gasteiger partial charge on any atom is 0.221 e. The average molecular weight is 235 g/mol. The van der Waals surface area contributed by atoms with Gasteiger partial charge in [0, 0.05) is 31.4 Å². The number of pyridine rings is 1. The van der Waals surface area contributed by atoms with Crippen LogP contribution in [0.3, 0.4) is 0 Å². The molecule has 1 heterocycles. The summed E-state index contributed by atoms with van der Waals surface area (Å²) < 4.78 is 0. The topological polar surface area (TPSA) is 54.0 Å². The second-order valence-electron chi connectivity index (χ2n) is 4.43. The molecule has 17 heavy (non-hydrogen) atoms. The third kappa shape index (κ3) is 5.45. The van der Waals surface area contributed by atoms with Gasteiger partial charge in [-0.15, -0.1) is 0 Å². The molecule has 1 rings (SSSR count). The molecule has 0 saturated heterocycles. The summed E-state index contributed by atoms with van der Waals surface area (Å²) in [6.07, 6.45) is 4.00. The van der Waals surface area contributed by atoms with Gasteiger partial charge in [0.2, 0.25) is 5.91 Å². The normalized spacial score (nSPS) is 12.5. The Morgan fingerprint density at radius 2 is 2.18 bits per heavy atom. The number of carbonyl (C=O) groups is 1. The van der Waals surface area contributed by atoms with E-state index in [4.69, 9.17) is 0 Å². The van der Waals surface area contributed by atoms with E-state index in [1.165, 1.54) is 0 Å². The summed E-state index contributed by atoms with van der Waals surface area (Å²) in [5, 5.41) is 6.17. The fraction of sp³-hybridized carbons (Fsp3) is 0.538. The number of aromatic nitrogens is 1. The second-order valence-corrected chi connectivity index (χ2v) is 4.43. The van der Waals surface area contributed by atoms with Crippen molar-refractivity contribution in [1.82, 2.24) is 15.6 Å². The first-order chi connectivity index (χ1) is 8.09. The number of hydrogen-bond acceptors (Lipinski definition) is 3. The smallest absolute Gasteiger partial charge is 0.221 e. The van der Waals surface area contributed by atoms with E-state index in [-0.39, 0.29) is 11.9 Å². The summed E-state index contributed by atoms with van der Waals surface area (Å²) in [5.74, 6) is 0.0644. The predicted octanol–water partition coefficient (Wildman–Crippen LogP) is 1.65. The average Bonchev–Trinajstić information content (AvgIpc) is 2.29. The minimum Gasteiger partial charge on any atom is -0.349 e. The molecule has 1 aromatic rings. The molecule has 4 nitrogen and oxygen atoms in total. The van der Waals surface area contributed by atoms with Crippen LogP contribution < -0.4 is 10.6 Å². The first-order valence-corrected chi connectivity index (χ1v) is 6.02. The van der Waals surface area contributed by atoms with Crippen molar-refractivity contribution in [1.29, 1.82) is 0 Å². The molecule has 0 radical (unpaired) electrons. The Labute approximate surface area is 103 Å². The van der Waals surface area contributed by atoms with Gasteiger partial charge in [-0.2, -0.15) is 0 Å². The molecular formula is C13H21N3O. The monoisotopic (exact) mass is 235 g/mol. The van der Waals surface area contributed by atoms with E-state index in [0.717, 1.165) is 5.56 Å². The molecule has 0 aliphatic heterocycles. The zero-order chi connectivity index (χ0) is 12.7. The number of nitrogens with zero attached hydrogens (tertiary/aromatic N) is 1. The van der Waals surface area contributed by atoms with Crippen LogP contribution >= 0.6 is 0 Å². The van der Waals surface area contributed by atoms with Gasteiger partial charge in [-0.3, -0.25) is 9.78 Å². The summed E-state index contributed by atoms with van der Waals surface area (Å²) in [6.45, 7) is 6.81. The second kappa shape index (κ2) is 7.01. The van der Waals surface area contributed by atoms with E-state index in [0.29, 0.717) is 19.0 Å². The quantitative estimate of drug-likeness (QED) is 0.788. The molecule has 0 aliphatic rings. The van der Waals surface area contributed by atoms with Crippen LogP contribution in [0.25, 0.3) is 0 Å². The van der Waals surface area contributed by atoms with E-state index in [1.807, 2.05) is 19.1 Å². The molecule has 0 unspecified atom stereocenters. The molecule has 94 valence electrons. The maximum atomic E-state index is 11.6. The SMILES string of the molecule is CC(C)NCCC(=O)N[C@H](C)c1cccnc1. The Morgan fingerprint density at radius 1 is 1.41 bits per heavy atom. The molecule has 1 amide bonds. The highest BCUT2D eigenvalue weighted by atomic mass is 16.1. The Hall–Kier alpha value is -1.42. The fourth-order valence-corrected chi connectivity index (χ4v) is 1.50. The van der Waals surface area contributed by atoms with Gasteiger partial charge >= 0.3 is 0 Å². The highest BCUT2D eigenvalue weighted by molar-refractivity contribution is 5.76. The van der Waals surface area contributed by atoms with Crippen LogP contribution in [-0.4, -0.2) is 23.5 Å². The van der Waals surface area contributed by atoms with Gasteiger partial charge in [0.1, 0.15) is 0 Å². The van der Waals surface area contributed by atoms with Crippen LogP contribution in [0, 0.1) is 0 Å². The minimum absolute atomic E-state index is 0.00949. The largest absolute Gasteiger partial charge is 0.349 e. The van der Waals surface area contributed by atoms with Crippen LogP contribution in [-0.2, 0) is 4.79 Å². The molecule has 0 saturated carbocycles. The van der Waals surface area contributed by atoms with Crippen molar-refractivity contribution in [2.75, 3.05) is 6.54 Å². The molecule has 0 spiro atoms. The van der Waals surface area contributed by atoms with Gasteiger partial charge in [0.05, 0.1) is 6.04 Å². The summed E-state index contributed by atoms with van der Waals surface area (Å²) in [6, 6.07) is 4.26. The van der Waals surface area contributed by atoms with Gasteiger partial charge < -0.3 is 10.6 Å². The zero-order valence-corrected chi connectivity index (χ0v) is 10.7. The lowest BCUT2D eigenvalue weighted by molar-refractivity contribution is -0.121. The molecule has 1 atom stereocenters. The third-order valence-electron chi connectivity index (χ3n) is 2.47. The lowest BCUT2D eigenvalue weighted by Crippen LogP contribution is -2.31. The van der Waals surface area contributed by atoms with E-state index >= 15 is 0 Å². The third-order valence-corrected chi connectivity index (χ3v) is 2.47. The number of rotatable bonds is 6. The predicted molar refractivity (Wildman–Crippen MR) is 68.6 cm³/mol. The number of hydrogen-bond donors (Lipinski definition) is 2. The van der Waals surface area contributed by atoms with Crippen molar-refractivity contribution in [2.24, 2.45) is 0 Å². The van der Waals surface area contributed by atoms with Crippen molar-refractivity contribution >= 4 is 5.91 Å². The minimum atomic E-state index is 0.00949. The molecule has 0 aliphatic carbocycles. The van der Waals surface area contributed by atoms with Crippen molar-refractivity contribution in [3.05, 3.63) is 30.1 Å². The molecule has 0 aromatic carbocycles. The molecule has 0 fully saturated rings. The lowest BCUT2D eigenvalue weighted by Gasteiger charge is -2.14. The Bertz CT molecular complexity index is 338. The van der Waals surface area contributed by atoms with E-state index in [2.05, 4.69) is 29.5 Å². The van der Waals surface area contributed by atoms with Crippen molar-refractivity contribution in [3.63, 3.8) is 0 Å². The van der Waals surface area contributed by atoms with Crippen LogP contribution in [0.2, 0.25) is 0 Å². The Balaban J connectivity index is 2.31. The maximum absolute atomic E-state index is 11.6. The molecular weight excluding hydrogens is 214 g/mol. The molecule has 0 bridgehead atoms. The highest BCUT2D eigenvalue weighted by Crippen LogP contribution is 2.09. The molecule has 4 heteroatoms. The van der Waals surface area contributed by atoms with Crippen molar-refractivity contribution < 1.29 is 4.79 Å². The first-order valence-electron chi connectivity index (χ1n) is 6.02. The van der Waals surface area contributed by atoms with Crippen LogP contribution in [0.1, 0.15) is 38.8 Å². The molecule has 2 N–H and O–H groups in total. The highest BCUT2D eigenvalue weighted by Gasteiger charge is 2.08. The Kier molecular flexibility index (Phi) is 5.63. The number of nitrogens with one attached hydrogen (secondary N) is 2. The van der Waals surface area contributed by atoms with E-state index < -0.39 is 0 Å². The summed E-state index contributed by atoms with van der Waals surface area (Å²) in [5.41, 5.74) is 1.03. The van der Waals surface area contributed by atoms with Crippen LogP contribution in [0.5, 0.6) is 0 Å². The van der Waals surface area contributed by atoms with E-state index in [9.17, 15) is 4.79 Å². The molecule has 1 aromatic heterocycles. The van der Waals surface area contributed by atoms with Crippen LogP contribution in [0.4, 0.5) is 0 Å². The number of amides is 1. The van der Waals surface area contributed by atoms with Gasteiger partial charge in [-0.1, -0.05) is 19.9 Å². The summed E-state index contributed by atoms with van der Waals surface area (Å²) in [7, 11) is 0. The summed E-state index contributed by atoms with van der Waals surface area (Å²) >= 11 is 0. The number of carbonyl (C=O) groups excluding carboxylic acids is 1. The fourth-order valence-electron chi connectivity index (χ4n) is 1.50. The summed E-state index contributed by atoms with van der Waals surface area (Å²) in [4.78, 5) is 15.7. The lowest BCUT2D eigenvalue weighted by atomic mass is 10.1.